The first-order valence-electron chi connectivity index (χ1n) is 6.42. The Bertz CT molecular complexity index is 813. The fraction of sp³-hybridized carbons (Fsp3) is 0.231. The highest BCUT2D eigenvalue weighted by Crippen LogP contribution is 2.24. The number of aryl methyl sites for hydroxylation is 2. The van der Waals surface area contributed by atoms with E-state index in [1.807, 2.05) is 0 Å². The molecule has 1 aromatic carbocycles. The summed E-state index contributed by atoms with van der Waals surface area (Å²) in [5.74, 6) is -0.740. The lowest BCUT2D eigenvalue weighted by Gasteiger charge is -2.09. The van der Waals surface area contributed by atoms with E-state index in [1.54, 1.807) is 26.0 Å². The lowest BCUT2D eigenvalue weighted by molar-refractivity contribution is 0.0991. The van der Waals surface area contributed by atoms with Crippen molar-refractivity contribution in [1.82, 2.24) is 9.78 Å². The van der Waals surface area contributed by atoms with Gasteiger partial charge in [-0.3, -0.25) is 14.2 Å². The van der Waals surface area contributed by atoms with Crippen molar-refractivity contribution < 1.29 is 13.2 Å². The van der Waals surface area contributed by atoms with E-state index in [0.29, 0.717) is 12.2 Å². The Kier molecular flexibility index (Phi) is 4.57. The van der Waals surface area contributed by atoms with E-state index >= 15 is 0 Å². The van der Waals surface area contributed by atoms with Crippen LogP contribution in [0.4, 0.5) is 5.69 Å². The Morgan fingerprint density at radius 3 is 2.45 bits per heavy atom. The summed E-state index contributed by atoms with van der Waals surface area (Å²) in [6, 6.07) is 6.14. The van der Waals surface area contributed by atoms with Gasteiger partial charge in [0.25, 0.3) is 15.9 Å². The largest absolute Gasteiger partial charge is 0.364 e. The second kappa shape index (κ2) is 6.09. The Labute approximate surface area is 136 Å². The van der Waals surface area contributed by atoms with E-state index < -0.39 is 15.9 Å². The minimum atomic E-state index is -3.84. The van der Waals surface area contributed by atoms with Crippen molar-refractivity contribution in [2.24, 2.45) is 5.73 Å². The summed E-state index contributed by atoms with van der Waals surface area (Å²) < 4.78 is 29.4. The zero-order chi connectivity index (χ0) is 16.5. The highest BCUT2D eigenvalue weighted by atomic mass is 79.9. The number of rotatable bonds is 5. The Morgan fingerprint density at radius 1 is 1.36 bits per heavy atom. The van der Waals surface area contributed by atoms with Gasteiger partial charge < -0.3 is 5.73 Å². The molecule has 1 amide bonds. The number of nitrogens with one attached hydrogen (secondary N) is 1. The third kappa shape index (κ3) is 3.14. The van der Waals surface area contributed by atoms with Crippen LogP contribution in [0.25, 0.3) is 0 Å². The van der Waals surface area contributed by atoms with Gasteiger partial charge in [0.1, 0.15) is 11.4 Å². The molecule has 0 aliphatic heterocycles. The van der Waals surface area contributed by atoms with E-state index in [2.05, 4.69) is 25.8 Å². The maximum absolute atomic E-state index is 12.4. The van der Waals surface area contributed by atoms with Crippen LogP contribution in [0.3, 0.4) is 0 Å². The molecule has 2 aromatic rings. The van der Waals surface area contributed by atoms with Gasteiger partial charge in [0.15, 0.2) is 0 Å². The quantitative estimate of drug-likeness (QED) is 0.817. The van der Waals surface area contributed by atoms with E-state index in [1.165, 1.54) is 16.8 Å². The molecule has 0 spiro atoms. The molecule has 0 saturated carbocycles. The van der Waals surface area contributed by atoms with Crippen molar-refractivity contribution in [3.05, 3.63) is 40.1 Å². The first-order chi connectivity index (χ1) is 10.3. The molecule has 22 heavy (non-hydrogen) atoms. The maximum Gasteiger partial charge on any atom is 0.269 e. The summed E-state index contributed by atoms with van der Waals surface area (Å²) in [5.41, 5.74) is 5.88. The van der Waals surface area contributed by atoms with Crippen LogP contribution in [0, 0.1) is 6.92 Å². The number of nitrogens with zero attached hydrogens (tertiary/aromatic N) is 2. The van der Waals surface area contributed by atoms with Crippen LogP contribution in [0.15, 0.2) is 33.6 Å². The number of primary amides is 1. The van der Waals surface area contributed by atoms with Crippen LogP contribution in [0.1, 0.15) is 23.1 Å². The van der Waals surface area contributed by atoms with Crippen molar-refractivity contribution in [2.45, 2.75) is 25.3 Å². The minimum Gasteiger partial charge on any atom is -0.364 e. The van der Waals surface area contributed by atoms with Gasteiger partial charge in [-0.2, -0.15) is 5.10 Å². The predicted octanol–water partition coefficient (Wildman–Crippen LogP) is 1.87. The Balaban J connectivity index is 2.48. The maximum atomic E-state index is 12.4. The van der Waals surface area contributed by atoms with E-state index in [0.717, 1.165) is 4.47 Å². The van der Waals surface area contributed by atoms with Gasteiger partial charge in [0.2, 0.25) is 0 Å². The summed E-state index contributed by atoms with van der Waals surface area (Å²) in [6.07, 6.45) is 0. The molecular formula is C13H15BrN4O3S. The second-order valence-corrected chi connectivity index (χ2v) is 7.15. The normalized spacial score (nSPS) is 11.4. The first-order valence-corrected chi connectivity index (χ1v) is 8.69. The van der Waals surface area contributed by atoms with Crippen molar-refractivity contribution in [1.29, 1.82) is 0 Å². The van der Waals surface area contributed by atoms with Crippen LogP contribution in [0.2, 0.25) is 0 Å². The summed E-state index contributed by atoms with van der Waals surface area (Å²) in [4.78, 5) is 11.7. The number of hydrogen-bond acceptors (Lipinski definition) is 4. The molecular weight excluding hydrogens is 372 g/mol. The number of sulfonamides is 1. The third-order valence-electron chi connectivity index (χ3n) is 3.02. The average Bonchev–Trinajstić information content (AvgIpc) is 2.75. The number of carbonyl (C=O) groups excluding carboxylic acids is 1. The monoisotopic (exact) mass is 386 g/mol. The number of benzene rings is 1. The van der Waals surface area contributed by atoms with Crippen molar-refractivity contribution in [3.63, 3.8) is 0 Å². The van der Waals surface area contributed by atoms with E-state index in [-0.39, 0.29) is 16.3 Å². The molecule has 1 aromatic heterocycles. The van der Waals surface area contributed by atoms with Crippen LogP contribution in [-0.2, 0) is 16.6 Å². The van der Waals surface area contributed by atoms with Crippen molar-refractivity contribution in [2.75, 3.05) is 4.72 Å². The van der Waals surface area contributed by atoms with E-state index in [9.17, 15) is 13.2 Å². The lowest BCUT2D eigenvalue weighted by atomic mass is 10.3. The van der Waals surface area contributed by atoms with Gasteiger partial charge >= 0.3 is 0 Å². The van der Waals surface area contributed by atoms with Gasteiger partial charge in [-0.1, -0.05) is 15.9 Å². The fourth-order valence-corrected chi connectivity index (χ4v) is 3.38. The van der Waals surface area contributed by atoms with Crippen LogP contribution in [0.5, 0.6) is 0 Å². The number of nitrogens with two attached hydrogens (primary N) is 1. The molecule has 7 nitrogen and oxygen atoms in total. The summed E-state index contributed by atoms with van der Waals surface area (Å²) in [6.45, 7) is 3.79. The molecule has 0 fully saturated rings. The lowest BCUT2D eigenvalue weighted by Crippen LogP contribution is -2.21. The van der Waals surface area contributed by atoms with Gasteiger partial charge in [-0.05, 0) is 38.1 Å². The molecule has 0 radical (unpaired) electrons. The molecule has 0 atom stereocenters. The highest BCUT2D eigenvalue weighted by Gasteiger charge is 2.24. The van der Waals surface area contributed by atoms with Crippen LogP contribution < -0.4 is 10.5 Å². The van der Waals surface area contributed by atoms with Crippen LogP contribution >= 0.6 is 15.9 Å². The molecule has 1 heterocycles. The van der Waals surface area contributed by atoms with Gasteiger partial charge in [-0.25, -0.2) is 8.42 Å². The summed E-state index contributed by atoms with van der Waals surface area (Å²) in [7, 11) is -3.84. The Morgan fingerprint density at radius 2 is 1.95 bits per heavy atom. The minimum absolute atomic E-state index is 0.0423. The molecule has 118 valence electrons. The zero-order valence-electron chi connectivity index (χ0n) is 12.0. The number of anilines is 1. The molecule has 3 N–H and O–H groups in total. The fourth-order valence-electron chi connectivity index (χ4n) is 1.99. The summed E-state index contributed by atoms with van der Waals surface area (Å²) in [5, 5.41) is 4.12. The smallest absolute Gasteiger partial charge is 0.269 e. The highest BCUT2D eigenvalue weighted by molar-refractivity contribution is 9.10. The van der Waals surface area contributed by atoms with Gasteiger partial charge in [0.05, 0.1) is 10.6 Å². The number of carbonyl (C=O) groups is 1. The van der Waals surface area contributed by atoms with Crippen molar-refractivity contribution >= 4 is 37.5 Å². The third-order valence-corrected chi connectivity index (χ3v) is 4.92. The molecule has 0 aliphatic carbocycles. The molecule has 0 unspecified atom stereocenters. The number of aromatic nitrogens is 2. The second-order valence-electron chi connectivity index (χ2n) is 4.55. The number of amides is 1. The SMILES string of the molecule is CCn1nc(C)c(NS(=O)(=O)c2ccc(Br)cc2)c1C(N)=O. The van der Waals surface area contributed by atoms with Crippen molar-refractivity contribution in [3.8, 4) is 0 Å². The average molecular weight is 387 g/mol. The Hall–Kier alpha value is -1.87. The van der Waals surface area contributed by atoms with Crippen LogP contribution in [-0.4, -0.2) is 24.1 Å². The predicted molar refractivity (Wildman–Crippen MR) is 86.1 cm³/mol. The topological polar surface area (TPSA) is 107 Å². The molecule has 0 bridgehead atoms. The van der Waals surface area contributed by atoms with Gasteiger partial charge in [0, 0.05) is 11.0 Å². The molecule has 0 saturated heterocycles. The molecule has 2 rings (SSSR count). The molecule has 9 heteroatoms. The number of hydrogen-bond donors (Lipinski definition) is 2. The standard InChI is InChI=1S/C13H15BrN4O3S/c1-3-18-12(13(15)19)11(8(2)16-18)17-22(20,21)10-6-4-9(14)5-7-10/h4-7,17H,3H2,1-2H3,(H2,15,19). The van der Waals surface area contributed by atoms with E-state index in [4.69, 9.17) is 5.73 Å². The first kappa shape index (κ1) is 16.5. The zero-order valence-corrected chi connectivity index (χ0v) is 14.4. The molecule has 0 aliphatic rings. The van der Waals surface area contributed by atoms with Gasteiger partial charge in [-0.15, -0.1) is 0 Å². The summed E-state index contributed by atoms with van der Waals surface area (Å²) >= 11 is 3.24. The number of halogens is 1.